The molecule has 1 atom stereocenters. The van der Waals surface area contributed by atoms with E-state index in [2.05, 4.69) is 11.4 Å². The standard InChI is InChI=1S/C19H19ClN2O3/c20-16-9-8-15(13-21)18(12-16)25-17(7-4-10-22-19(23)24)11-14-5-2-1-3-6-14/h1-3,5-6,8-9,12,17,22H,4,7,10-11H2,(H,23,24). The fourth-order valence-corrected chi connectivity index (χ4v) is 2.63. The summed E-state index contributed by atoms with van der Waals surface area (Å²) in [5.74, 6) is 0.446. The van der Waals surface area contributed by atoms with E-state index in [1.54, 1.807) is 18.2 Å². The summed E-state index contributed by atoms with van der Waals surface area (Å²) >= 11 is 6.01. The van der Waals surface area contributed by atoms with Crippen molar-refractivity contribution in [2.24, 2.45) is 0 Å². The molecular weight excluding hydrogens is 340 g/mol. The molecule has 2 aromatic carbocycles. The number of nitrogens with one attached hydrogen (secondary N) is 1. The molecule has 0 aromatic heterocycles. The van der Waals surface area contributed by atoms with Gasteiger partial charge in [-0.2, -0.15) is 5.26 Å². The van der Waals surface area contributed by atoms with Crippen molar-refractivity contribution >= 4 is 17.7 Å². The Labute approximate surface area is 151 Å². The van der Waals surface area contributed by atoms with Crippen LogP contribution in [-0.4, -0.2) is 23.8 Å². The summed E-state index contributed by atoms with van der Waals surface area (Å²) in [6, 6.07) is 16.9. The van der Waals surface area contributed by atoms with Gasteiger partial charge in [-0.15, -0.1) is 0 Å². The van der Waals surface area contributed by atoms with Crippen LogP contribution in [0.15, 0.2) is 48.5 Å². The van der Waals surface area contributed by atoms with Gasteiger partial charge in [0.05, 0.1) is 5.56 Å². The molecule has 130 valence electrons. The molecular formula is C19H19ClN2O3. The molecule has 0 saturated carbocycles. The van der Waals surface area contributed by atoms with Crippen LogP contribution in [0.5, 0.6) is 5.75 Å². The highest BCUT2D eigenvalue weighted by Crippen LogP contribution is 2.25. The lowest BCUT2D eigenvalue weighted by molar-refractivity contribution is 0.181. The van der Waals surface area contributed by atoms with Crippen molar-refractivity contribution in [3.05, 3.63) is 64.7 Å². The third-order valence-electron chi connectivity index (χ3n) is 3.64. The van der Waals surface area contributed by atoms with Crippen LogP contribution in [0.2, 0.25) is 5.02 Å². The Morgan fingerprint density at radius 2 is 2.04 bits per heavy atom. The third-order valence-corrected chi connectivity index (χ3v) is 3.88. The maximum atomic E-state index is 10.6. The highest BCUT2D eigenvalue weighted by Gasteiger charge is 2.15. The van der Waals surface area contributed by atoms with Gasteiger partial charge in [-0.1, -0.05) is 41.9 Å². The number of hydrogen-bond acceptors (Lipinski definition) is 3. The van der Waals surface area contributed by atoms with Crippen LogP contribution < -0.4 is 10.1 Å². The zero-order valence-corrected chi connectivity index (χ0v) is 14.4. The van der Waals surface area contributed by atoms with Crippen molar-refractivity contribution in [1.82, 2.24) is 5.32 Å². The van der Waals surface area contributed by atoms with E-state index in [0.29, 0.717) is 42.1 Å². The fourth-order valence-electron chi connectivity index (χ4n) is 2.47. The molecule has 0 radical (unpaired) electrons. The quantitative estimate of drug-likeness (QED) is 0.691. The summed E-state index contributed by atoms with van der Waals surface area (Å²) in [5, 5.41) is 20.7. The molecule has 0 heterocycles. The maximum Gasteiger partial charge on any atom is 0.404 e. The van der Waals surface area contributed by atoms with Crippen LogP contribution in [-0.2, 0) is 6.42 Å². The van der Waals surface area contributed by atoms with Crippen LogP contribution in [0.1, 0.15) is 24.0 Å². The number of ether oxygens (including phenoxy) is 1. The Balaban J connectivity index is 2.09. The molecule has 1 unspecified atom stereocenters. The molecule has 0 saturated heterocycles. The minimum atomic E-state index is -1.04. The summed E-state index contributed by atoms with van der Waals surface area (Å²) in [7, 11) is 0. The smallest absolute Gasteiger partial charge is 0.404 e. The number of benzene rings is 2. The number of carboxylic acid groups (broad SMARTS) is 1. The molecule has 2 rings (SSSR count). The first kappa shape index (κ1) is 18.6. The van der Waals surface area contributed by atoms with Crippen molar-refractivity contribution < 1.29 is 14.6 Å². The molecule has 0 bridgehead atoms. The zero-order valence-electron chi connectivity index (χ0n) is 13.6. The van der Waals surface area contributed by atoms with E-state index in [4.69, 9.17) is 21.4 Å². The molecule has 0 aliphatic rings. The number of hydrogen-bond donors (Lipinski definition) is 2. The lowest BCUT2D eigenvalue weighted by Gasteiger charge is -2.20. The molecule has 25 heavy (non-hydrogen) atoms. The SMILES string of the molecule is N#Cc1ccc(Cl)cc1OC(CCCNC(=O)O)Cc1ccccc1. The van der Waals surface area contributed by atoms with Crippen molar-refractivity contribution in [3.63, 3.8) is 0 Å². The summed E-state index contributed by atoms with van der Waals surface area (Å²) in [4.78, 5) is 10.6. The van der Waals surface area contributed by atoms with Crippen LogP contribution in [0.3, 0.4) is 0 Å². The highest BCUT2D eigenvalue weighted by molar-refractivity contribution is 6.30. The molecule has 0 fully saturated rings. The monoisotopic (exact) mass is 358 g/mol. The van der Waals surface area contributed by atoms with Crippen molar-refractivity contribution in [2.45, 2.75) is 25.4 Å². The topological polar surface area (TPSA) is 82.3 Å². The predicted octanol–water partition coefficient (Wildman–Crippen LogP) is 4.25. The van der Waals surface area contributed by atoms with Gasteiger partial charge in [0, 0.05) is 24.1 Å². The second-order valence-corrected chi connectivity index (χ2v) is 5.99. The number of amides is 1. The Bertz CT molecular complexity index is 744. The lowest BCUT2D eigenvalue weighted by atomic mass is 10.0. The first-order valence-electron chi connectivity index (χ1n) is 7.95. The van der Waals surface area contributed by atoms with Gasteiger partial charge >= 0.3 is 6.09 Å². The number of nitriles is 1. The normalized spacial score (nSPS) is 11.4. The van der Waals surface area contributed by atoms with Gasteiger partial charge in [-0.05, 0) is 30.5 Å². The second-order valence-electron chi connectivity index (χ2n) is 5.56. The minimum absolute atomic E-state index is 0.191. The Hall–Kier alpha value is -2.71. The summed E-state index contributed by atoms with van der Waals surface area (Å²) in [5.41, 5.74) is 1.53. The maximum absolute atomic E-state index is 10.6. The number of nitrogens with zero attached hydrogens (tertiary/aromatic N) is 1. The van der Waals surface area contributed by atoms with E-state index < -0.39 is 6.09 Å². The van der Waals surface area contributed by atoms with Crippen LogP contribution in [0, 0.1) is 11.3 Å². The first-order valence-corrected chi connectivity index (χ1v) is 8.33. The van der Waals surface area contributed by atoms with Crippen LogP contribution >= 0.6 is 11.6 Å². The van der Waals surface area contributed by atoms with Crippen molar-refractivity contribution in [1.29, 1.82) is 5.26 Å². The van der Waals surface area contributed by atoms with Gasteiger partial charge in [-0.3, -0.25) is 0 Å². The van der Waals surface area contributed by atoms with Gasteiger partial charge < -0.3 is 15.2 Å². The minimum Gasteiger partial charge on any atom is -0.489 e. The summed E-state index contributed by atoms with van der Waals surface area (Å²) in [6.45, 7) is 0.352. The van der Waals surface area contributed by atoms with Gasteiger partial charge in [0.2, 0.25) is 0 Å². The van der Waals surface area contributed by atoms with Crippen molar-refractivity contribution in [2.75, 3.05) is 6.54 Å². The van der Waals surface area contributed by atoms with Crippen LogP contribution in [0.25, 0.3) is 0 Å². The summed E-state index contributed by atoms with van der Waals surface area (Å²) < 4.78 is 6.05. The molecule has 6 heteroatoms. The number of carbonyl (C=O) groups is 1. The number of rotatable bonds is 8. The first-order chi connectivity index (χ1) is 12.1. The van der Waals surface area contributed by atoms with Gasteiger partial charge in [0.1, 0.15) is 17.9 Å². The van der Waals surface area contributed by atoms with E-state index in [9.17, 15) is 10.1 Å². The average molecular weight is 359 g/mol. The van der Waals surface area contributed by atoms with Gasteiger partial charge in [0.15, 0.2) is 0 Å². The zero-order chi connectivity index (χ0) is 18.1. The molecule has 0 aliphatic carbocycles. The summed E-state index contributed by atoms with van der Waals surface area (Å²) in [6.07, 6.45) is 0.704. The molecule has 1 amide bonds. The highest BCUT2D eigenvalue weighted by atomic mass is 35.5. The molecule has 0 spiro atoms. The van der Waals surface area contributed by atoms with E-state index in [1.165, 1.54) is 0 Å². The fraction of sp³-hybridized carbons (Fsp3) is 0.263. The van der Waals surface area contributed by atoms with Crippen LogP contribution in [0.4, 0.5) is 4.79 Å². The van der Waals surface area contributed by atoms with E-state index in [-0.39, 0.29) is 6.10 Å². The molecule has 2 N–H and O–H groups in total. The molecule has 2 aromatic rings. The van der Waals surface area contributed by atoms with E-state index >= 15 is 0 Å². The van der Waals surface area contributed by atoms with Gasteiger partial charge in [0.25, 0.3) is 0 Å². The third kappa shape index (κ3) is 6.36. The second kappa shape index (κ2) is 9.55. The number of halogens is 1. The Morgan fingerprint density at radius 1 is 1.28 bits per heavy atom. The Morgan fingerprint density at radius 3 is 2.72 bits per heavy atom. The van der Waals surface area contributed by atoms with E-state index in [1.807, 2.05) is 30.3 Å². The van der Waals surface area contributed by atoms with Gasteiger partial charge in [-0.25, -0.2) is 4.79 Å². The molecule has 0 aliphatic heterocycles. The average Bonchev–Trinajstić information content (AvgIpc) is 2.59. The molecule has 5 nitrogen and oxygen atoms in total. The van der Waals surface area contributed by atoms with E-state index in [0.717, 1.165) is 5.56 Å². The lowest BCUT2D eigenvalue weighted by Crippen LogP contribution is -2.25. The predicted molar refractivity (Wildman–Crippen MR) is 96.0 cm³/mol. The largest absolute Gasteiger partial charge is 0.489 e. The Kier molecular flexibility index (Phi) is 7.12. The van der Waals surface area contributed by atoms with Crippen molar-refractivity contribution in [3.8, 4) is 11.8 Å².